The number of benzene rings is 1. The fourth-order valence-corrected chi connectivity index (χ4v) is 3.10. The van der Waals surface area contributed by atoms with Crippen molar-refractivity contribution in [3.63, 3.8) is 0 Å². The maximum absolute atomic E-state index is 6.19. The third-order valence-corrected chi connectivity index (χ3v) is 4.57. The van der Waals surface area contributed by atoms with E-state index in [9.17, 15) is 0 Å². The average Bonchev–Trinajstić information content (AvgIpc) is 2.43. The molecule has 0 spiro atoms. The highest BCUT2D eigenvalue weighted by Gasteiger charge is 2.37. The predicted octanol–water partition coefficient (Wildman–Crippen LogP) is 4.30. The van der Waals surface area contributed by atoms with Crippen LogP contribution in [-0.4, -0.2) is 18.8 Å². The van der Waals surface area contributed by atoms with Crippen LogP contribution in [0.4, 0.5) is 0 Å². The second kappa shape index (κ2) is 6.73. The molecule has 1 N–H and O–H groups in total. The van der Waals surface area contributed by atoms with Crippen molar-refractivity contribution in [2.75, 3.05) is 13.2 Å². The molecule has 2 heteroatoms. The van der Waals surface area contributed by atoms with Crippen LogP contribution < -0.4 is 5.32 Å². The number of rotatable bonds is 5. The molecule has 2 unspecified atom stereocenters. The molecule has 0 aliphatic carbocycles. The van der Waals surface area contributed by atoms with Crippen molar-refractivity contribution in [1.29, 1.82) is 0 Å². The Morgan fingerprint density at radius 1 is 1.25 bits per heavy atom. The molecule has 1 aromatic rings. The molecule has 112 valence electrons. The zero-order valence-corrected chi connectivity index (χ0v) is 13.5. The molecular formula is C18H29NO. The molecule has 1 aliphatic heterocycles. The van der Waals surface area contributed by atoms with Crippen molar-refractivity contribution >= 4 is 0 Å². The van der Waals surface area contributed by atoms with Gasteiger partial charge in [0.05, 0.1) is 11.6 Å². The predicted molar refractivity (Wildman–Crippen MR) is 85.2 cm³/mol. The molecule has 1 saturated heterocycles. The maximum atomic E-state index is 6.19. The van der Waals surface area contributed by atoms with Gasteiger partial charge in [0.15, 0.2) is 0 Å². The van der Waals surface area contributed by atoms with Crippen LogP contribution >= 0.6 is 0 Å². The van der Waals surface area contributed by atoms with Gasteiger partial charge in [-0.05, 0) is 69.7 Å². The van der Waals surface area contributed by atoms with E-state index in [1.807, 2.05) is 0 Å². The largest absolute Gasteiger partial charge is 0.373 e. The normalized spacial score (nSPS) is 24.6. The maximum Gasteiger partial charge on any atom is 0.0848 e. The minimum Gasteiger partial charge on any atom is -0.373 e. The zero-order valence-electron chi connectivity index (χ0n) is 13.5. The summed E-state index contributed by atoms with van der Waals surface area (Å²) in [4.78, 5) is 0. The Balaban J connectivity index is 2.28. The SMILES string of the molecule is CCCNC(c1ccc(C)c(C)c1)C1(C)CCCCO1. The second-order valence-corrected chi connectivity index (χ2v) is 6.35. The molecule has 1 aromatic carbocycles. The Morgan fingerprint density at radius 3 is 2.65 bits per heavy atom. The van der Waals surface area contributed by atoms with E-state index in [4.69, 9.17) is 4.74 Å². The van der Waals surface area contributed by atoms with Crippen LogP contribution in [-0.2, 0) is 4.74 Å². The molecule has 0 amide bonds. The third kappa shape index (κ3) is 3.42. The Labute approximate surface area is 123 Å². The Morgan fingerprint density at radius 2 is 2.05 bits per heavy atom. The minimum absolute atomic E-state index is 0.0743. The van der Waals surface area contributed by atoms with Crippen molar-refractivity contribution in [3.05, 3.63) is 34.9 Å². The van der Waals surface area contributed by atoms with Crippen LogP contribution in [0.5, 0.6) is 0 Å². The summed E-state index contributed by atoms with van der Waals surface area (Å²) in [5.41, 5.74) is 4.02. The highest BCUT2D eigenvalue weighted by Crippen LogP contribution is 2.37. The van der Waals surface area contributed by atoms with Crippen LogP contribution in [0.15, 0.2) is 18.2 Å². The van der Waals surface area contributed by atoms with Crippen LogP contribution in [0.1, 0.15) is 62.3 Å². The van der Waals surface area contributed by atoms with E-state index >= 15 is 0 Å². The van der Waals surface area contributed by atoms with Gasteiger partial charge in [-0.1, -0.05) is 25.1 Å². The molecule has 2 atom stereocenters. The number of hydrogen-bond acceptors (Lipinski definition) is 2. The zero-order chi connectivity index (χ0) is 14.6. The van der Waals surface area contributed by atoms with Gasteiger partial charge in [0.2, 0.25) is 0 Å². The minimum atomic E-state index is -0.0743. The number of hydrogen-bond donors (Lipinski definition) is 1. The van der Waals surface area contributed by atoms with E-state index in [-0.39, 0.29) is 5.60 Å². The van der Waals surface area contributed by atoms with E-state index in [0.717, 1.165) is 26.0 Å². The first-order valence-corrected chi connectivity index (χ1v) is 8.01. The summed E-state index contributed by atoms with van der Waals surface area (Å²) in [6, 6.07) is 7.12. The smallest absolute Gasteiger partial charge is 0.0848 e. The summed E-state index contributed by atoms with van der Waals surface area (Å²) in [5, 5.41) is 3.72. The van der Waals surface area contributed by atoms with Gasteiger partial charge in [-0.3, -0.25) is 0 Å². The van der Waals surface area contributed by atoms with E-state index < -0.39 is 0 Å². The third-order valence-electron chi connectivity index (χ3n) is 4.57. The Bertz CT molecular complexity index is 435. The monoisotopic (exact) mass is 275 g/mol. The first-order chi connectivity index (χ1) is 9.57. The summed E-state index contributed by atoms with van der Waals surface area (Å²) in [7, 11) is 0. The van der Waals surface area contributed by atoms with Gasteiger partial charge in [-0.15, -0.1) is 0 Å². The summed E-state index contributed by atoms with van der Waals surface area (Å²) in [5.74, 6) is 0. The van der Waals surface area contributed by atoms with Crippen molar-refractivity contribution in [2.45, 2.75) is 65.0 Å². The topological polar surface area (TPSA) is 21.3 Å². The van der Waals surface area contributed by atoms with E-state index in [0.29, 0.717) is 6.04 Å². The molecule has 1 fully saturated rings. The molecule has 0 saturated carbocycles. The molecule has 0 radical (unpaired) electrons. The lowest BCUT2D eigenvalue weighted by molar-refractivity contribution is -0.0897. The van der Waals surface area contributed by atoms with Gasteiger partial charge >= 0.3 is 0 Å². The summed E-state index contributed by atoms with van der Waals surface area (Å²) >= 11 is 0. The Hall–Kier alpha value is -0.860. The van der Waals surface area contributed by atoms with Gasteiger partial charge in [0.1, 0.15) is 0 Å². The molecule has 2 rings (SSSR count). The average molecular weight is 275 g/mol. The first-order valence-electron chi connectivity index (χ1n) is 8.01. The van der Waals surface area contributed by atoms with Gasteiger partial charge in [-0.25, -0.2) is 0 Å². The number of aryl methyl sites for hydroxylation is 2. The number of ether oxygens (including phenoxy) is 1. The van der Waals surface area contributed by atoms with Crippen molar-refractivity contribution in [3.8, 4) is 0 Å². The van der Waals surface area contributed by atoms with Gasteiger partial charge in [0.25, 0.3) is 0 Å². The van der Waals surface area contributed by atoms with Crippen LogP contribution in [0, 0.1) is 13.8 Å². The van der Waals surface area contributed by atoms with Crippen LogP contribution in [0.25, 0.3) is 0 Å². The van der Waals surface area contributed by atoms with Gasteiger partial charge in [0, 0.05) is 6.61 Å². The van der Waals surface area contributed by atoms with Crippen molar-refractivity contribution in [2.24, 2.45) is 0 Å². The summed E-state index contributed by atoms with van der Waals surface area (Å²) in [6.45, 7) is 10.8. The van der Waals surface area contributed by atoms with Gasteiger partial charge in [-0.2, -0.15) is 0 Å². The van der Waals surface area contributed by atoms with E-state index in [2.05, 4.69) is 51.2 Å². The molecule has 2 nitrogen and oxygen atoms in total. The van der Waals surface area contributed by atoms with Crippen LogP contribution in [0.3, 0.4) is 0 Å². The fraction of sp³-hybridized carbons (Fsp3) is 0.667. The molecule has 1 heterocycles. The molecule has 20 heavy (non-hydrogen) atoms. The quantitative estimate of drug-likeness (QED) is 0.865. The summed E-state index contributed by atoms with van der Waals surface area (Å²) in [6.07, 6.45) is 4.76. The molecule has 0 bridgehead atoms. The van der Waals surface area contributed by atoms with E-state index in [1.165, 1.54) is 29.5 Å². The summed E-state index contributed by atoms with van der Waals surface area (Å²) < 4.78 is 6.19. The lowest BCUT2D eigenvalue weighted by Crippen LogP contribution is -2.46. The standard InChI is InChI=1S/C18H29NO/c1-5-11-19-17(18(4)10-6-7-12-20-18)16-9-8-14(2)15(3)13-16/h8-9,13,17,19H,5-7,10-12H2,1-4H3. The highest BCUT2D eigenvalue weighted by molar-refractivity contribution is 5.33. The lowest BCUT2D eigenvalue weighted by Gasteiger charge is -2.41. The highest BCUT2D eigenvalue weighted by atomic mass is 16.5. The lowest BCUT2D eigenvalue weighted by atomic mass is 9.83. The fourth-order valence-electron chi connectivity index (χ4n) is 3.10. The molecular weight excluding hydrogens is 246 g/mol. The van der Waals surface area contributed by atoms with E-state index in [1.54, 1.807) is 0 Å². The Kier molecular flexibility index (Phi) is 5.22. The first kappa shape index (κ1) is 15.5. The van der Waals surface area contributed by atoms with Crippen LogP contribution in [0.2, 0.25) is 0 Å². The molecule has 0 aromatic heterocycles. The number of nitrogens with one attached hydrogen (secondary N) is 1. The van der Waals surface area contributed by atoms with Crippen molar-refractivity contribution in [1.82, 2.24) is 5.32 Å². The van der Waals surface area contributed by atoms with Crippen molar-refractivity contribution < 1.29 is 4.74 Å². The second-order valence-electron chi connectivity index (χ2n) is 6.35. The van der Waals surface area contributed by atoms with Gasteiger partial charge < -0.3 is 10.1 Å². The molecule has 1 aliphatic rings.